The van der Waals surface area contributed by atoms with Crippen molar-refractivity contribution < 1.29 is 33.1 Å². The summed E-state index contributed by atoms with van der Waals surface area (Å²) < 4.78 is 9.90. The Hall–Kier alpha value is -3.43. The molecule has 1 aliphatic heterocycles. The third kappa shape index (κ3) is 4.53. The van der Waals surface area contributed by atoms with Crippen LogP contribution in [-0.4, -0.2) is 47.3 Å². The average Bonchev–Trinajstić information content (AvgIpc) is 3.31. The number of hydrogen-bond acceptors (Lipinski definition) is 7. The summed E-state index contributed by atoms with van der Waals surface area (Å²) in [7, 11) is 0. The summed E-state index contributed by atoms with van der Waals surface area (Å²) in [6, 6.07) is 1.37. The molecule has 29 heavy (non-hydrogen) atoms. The number of ether oxygens (including phenoxy) is 1. The molecule has 3 atom stereocenters. The lowest BCUT2D eigenvalue weighted by molar-refractivity contribution is -0.159. The topological polar surface area (TPSA) is 135 Å². The minimum absolute atomic E-state index is 0.0826. The normalized spacial score (nSPS) is 21.5. The van der Waals surface area contributed by atoms with E-state index in [0.29, 0.717) is 18.6 Å². The fourth-order valence-electron chi connectivity index (χ4n) is 3.36. The van der Waals surface area contributed by atoms with E-state index in [-0.39, 0.29) is 6.54 Å². The van der Waals surface area contributed by atoms with Gasteiger partial charge in [-0.15, -0.1) is 0 Å². The molecule has 0 radical (unpaired) electrons. The number of allylic oxidation sites excluding steroid dienone is 2. The van der Waals surface area contributed by atoms with Crippen molar-refractivity contribution in [3.8, 4) is 0 Å². The second-order valence-electron chi connectivity index (χ2n) is 6.80. The van der Waals surface area contributed by atoms with Crippen molar-refractivity contribution in [1.29, 1.82) is 0 Å². The Morgan fingerprint density at radius 1 is 1.21 bits per heavy atom. The molecule has 154 valence electrons. The van der Waals surface area contributed by atoms with Gasteiger partial charge in [-0.1, -0.05) is 12.2 Å². The van der Waals surface area contributed by atoms with E-state index >= 15 is 0 Å². The highest BCUT2D eigenvalue weighted by molar-refractivity contribution is 6.08. The molecule has 2 aliphatic rings. The van der Waals surface area contributed by atoms with E-state index in [1.165, 1.54) is 13.2 Å². The van der Waals surface area contributed by atoms with Crippen molar-refractivity contribution in [2.45, 2.75) is 32.4 Å². The monoisotopic (exact) mass is 403 g/mol. The van der Waals surface area contributed by atoms with Gasteiger partial charge < -0.3 is 14.5 Å². The zero-order valence-electron chi connectivity index (χ0n) is 15.8. The molecule has 5 amide bonds. The third-order valence-corrected chi connectivity index (χ3v) is 4.87. The average molecular weight is 403 g/mol. The molecule has 0 saturated carbocycles. The van der Waals surface area contributed by atoms with Crippen molar-refractivity contribution in [2.24, 2.45) is 11.8 Å². The highest BCUT2D eigenvalue weighted by Crippen LogP contribution is 2.36. The van der Waals surface area contributed by atoms with Crippen LogP contribution in [0.4, 0.5) is 4.79 Å². The van der Waals surface area contributed by atoms with E-state index in [1.807, 2.05) is 17.5 Å². The van der Waals surface area contributed by atoms with Gasteiger partial charge in [0.1, 0.15) is 11.8 Å². The number of nitrogens with zero attached hydrogens (tertiary/aromatic N) is 1. The van der Waals surface area contributed by atoms with Crippen LogP contribution < -0.4 is 10.6 Å². The molecule has 1 aromatic rings. The van der Waals surface area contributed by atoms with E-state index in [0.717, 1.165) is 4.90 Å². The number of esters is 1. The maximum atomic E-state index is 12.5. The van der Waals surface area contributed by atoms with Gasteiger partial charge in [-0.3, -0.25) is 24.6 Å². The molecule has 1 aromatic heterocycles. The fourth-order valence-corrected chi connectivity index (χ4v) is 3.36. The second kappa shape index (κ2) is 8.72. The summed E-state index contributed by atoms with van der Waals surface area (Å²) in [4.78, 5) is 61.5. The maximum absolute atomic E-state index is 12.5. The summed E-state index contributed by atoms with van der Waals surface area (Å²) >= 11 is 0. The lowest BCUT2D eigenvalue weighted by atomic mass is 9.85. The van der Waals surface area contributed by atoms with Crippen molar-refractivity contribution in [3.63, 3.8) is 0 Å². The Bertz CT molecular complexity index is 820. The SMILES string of the molecule is C[C@@H](C(=O)OCC(=O)NC(=O)NCc1ccco1)N1C(=O)[C@H]2CC=CC[C@@H]2C1=O. The molecule has 0 spiro atoms. The molecule has 1 saturated heterocycles. The summed E-state index contributed by atoms with van der Waals surface area (Å²) in [5, 5.41) is 4.40. The largest absolute Gasteiger partial charge is 0.467 e. The van der Waals surface area contributed by atoms with Crippen molar-refractivity contribution in [3.05, 3.63) is 36.3 Å². The van der Waals surface area contributed by atoms with Gasteiger partial charge in [-0.2, -0.15) is 0 Å². The molecule has 0 aromatic carbocycles. The molecule has 10 heteroatoms. The zero-order valence-corrected chi connectivity index (χ0v) is 15.8. The van der Waals surface area contributed by atoms with Crippen LogP contribution in [-0.2, 0) is 30.5 Å². The number of likely N-dealkylation sites (tertiary alicyclic amines) is 1. The Balaban J connectivity index is 1.45. The number of amides is 5. The first-order chi connectivity index (χ1) is 13.9. The number of imide groups is 2. The number of carbonyl (C=O) groups excluding carboxylic acids is 5. The Labute approximate surface area is 166 Å². The van der Waals surface area contributed by atoms with Crippen molar-refractivity contribution in [1.82, 2.24) is 15.5 Å². The van der Waals surface area contributed by atoms with Crippen LogP contribution in [0.25, 0.3) is 0 Å². The van der Waals surface area contributed by atoms with Crippen LogP contribution >= 0.6 is 0 Å². The maximum Gasteiger partial charge on any atom is 0.329 e. The zero-order chi connectivity index (χ0) is 21.0. The van der Waals surface area contributed by atoms with Gasteiger partial charge in [0.15, 0.2) is 6.61 Å². The molecule has 2 N–H and O–H groups in total. The Morgan fingerprint density at radius 3 is 2.45 bits per heavy atom. The van der Waals surface area contributed by atoms with Gasteiger partial charge in [0.05, 0.1) is 24.6 Å². The molecule has 0 unspecified atom stereocenters. The Kier molecular flexibility index (Phi) is 6.10. The van der Waals surface area contributed by atoms with Crippen LogP contribution in [0.3, 0.4) is 0 Å². The lowest BCUT2D eigenvalue weighted by Crippen LogP contribution is -2.46. The highest BCUT2D eigenvalue weighted by atomic mass is 16.5. The third-order valence-electron chi connectivity index (χ3n) is 4.87. The number of furan rings is 1. The second-order valence-corrected chi connectivity index (χ2v) is 6.80. The van der Waals surface area contributed by atoms with E-state index in [2.05, 4.69) is 5.32 Å². The smallest absolute Gasteiger partial charge is 0.329 e. The number of nitrogens with one attached hydrogen (secondary N) is 2. The predicted molar refractivity (Wildman–Crippen MR) is 96.7 cm³/mol. The van der Waals surface area contributed by atoms with E-state index in [9.17, 15) is 24.0 Å². The van der Waals surface area contributed by atoms with Crippen LogP contribution in [0.2, 0.25) is 0 Å². The molecule has 3 rings (SSSR count). The fraction of sp³-hybridized carbons (Fsp3) is 0.421. The van der Waals surface area contributed by atoms with Crippen molar-refractivity contribution >= 4 is 29.7 Å². The molecule has 1 fully saturated rings. The minimum Gasteiger partial charge on any atom is -0.467 e. The Morgan fingerprint density at radius 2 is 1.86 bits per heavy atom. The first-order valence-electron chi connectivity index (χ1n) is 9.17. The standard InChI is InChI=1S/C19H21N3O7/c1-11(22-16(24)13-6-2-3-7-14(13)17(22)25)18(26)29-10-15(23)21-19(27)20-9-12-5-4-8-28-12/h2-5,8,11,13-14H,6-7,9-10H2,1H3,(H2,20,21,23,27)/t11-,13-,14-/m0/s1. The lowest BCUT2D eigenvalue weighted by Gasteiger charge is -2.21. The first kappa shape index (κ1) is 20.3. The van der Waals surface area contributed by atoms with Crippen LogP contribution in [0, 0.1) is 11.8 Å². The minimum atomic E-state index is -1.15. The van der Waals surface area contributed by atoms with Gasteiger partial charge in [0.25, 0.3) is 5.91 Å². The van der Waals surface area contributed by atoms with Crippen LogP contribution in [0.5, 0.6) is 0 Å². The van der Waals surface area contributed by atoms with Gasteiger partial charge in [-0.05, 0) is 31.9 Å². The molecule has 10 nitrogen and oxygen atoms in total. The van der Waals surface area contributed by atoms with Gasteiger partial charge in [0.2, 0.25) is 11.8 Å². The summed E-state index contributed by atoms with van der Waals surface area (Å²) in [5.41, 5.74) is 0. The number of fused-ring (bicyclic) bond motifs is 1. The van der Waals surface area contributed by atoms with Crippen LogP contribution in [0.1, 0.15) is 25.5 Å². The van der Waals surface area contributed by atoms with Gasteiger partial charge in [0, 0.05) is 0 Å². The van der Waals surface area contributed by atoms with E-state index in [4.69, 9.17) is 9.15 Å². The summed E-state index contributed by atoms with van der Waals surface area (Å²) in [6.45, 7) is 0.734. The predicted octanol–water partition coefficient (Wildman–Crippen LogP) is 0.488. The molecular formula is C19H21N3O7. The molecule has 1 aliphatic carbocycles. The molecule has 0 bridgehead atoms. The molecule has 2 heterocycles. The summed E-state index contributed by atoms with van der Waals surface area (Å²) in [5.74, 6) is -2.97. The van der Waals surface area contributed by atoms with Gasteiger partial charge in [-0.25, -0.2) is 9.59 Å². The number of rotatable bonds is 6. The number of urea groups is 1. The molecular weight excluding hydrogens is 382 g/mol. The summed E-state index contributed by atoms with van der Waals surface area (Å²) in [6.07, 6.45) is 6.06. The number of carbonyl (C=O) groups is 5. The van der Waals surface area contributed by atoms with Gasteiger partial charge >= 0.3 is 12.0 Å². The van der Waals surface area contributed by atoms with Crippen LogP contribution in [0.15, 0.2) is 35.0 Å². The quantitative estimate of drug-likeness (QED) is 0.401. The van der Waals surface area contributed by atoms with E-state index < -0.39 is 54.2 Å². The number of hydrogen-bond donors (Lipinski definition) is 2. The van der Waals surface area contributed by atoms with E-state index in [1.54, 1.807) is 12.1 Å². The first-order valence-corrected chi connectivity index (χ1v) is 9.17. The van der Waals surface area contributed by atoms with Crippen molar-refractivity contribution in [2.75, 3.05) is 6.61 Å². The highest BCUT2D eigenvalue weighted by Gasteiger charge is 2.50.